The Kier molecular flexibility index (Phi) is 3.04. The van der Waals surface area contributed by atoms with E-state index in [0.29, 0.717) is 5.92 Å². The Hall–Kier alpha value is -1.42. The van der Waals surface area contributed by atoms with Crippen LogP contribution >= 0.6 is 15.9 Å². The topological polar surface area (TPSA) is 33.2 Å². The first-order chi connectivity index (χ1) is 8.79. The van der Waals surface area contributed by atoms with Gasteiger partial charge in [0.2, 0.25) is 0 Å². The fourth-order valence-corrected chi connectivity index (χ4v) is 2.70. The molecule has 18 heavy (non-hydrogen) atoms. The molecular weight excluding hydrogens is 292 g/mol. The van der Waals surface area contributed by atoms with E-state index in [9.17, 15) is 4.79 Å². The summed E-state index contributed by atoms with van der Waals surface area (Å²) in [4.78, 5) is 18.6. The predicted octanol–water partition coefficient (Wildman–Crippen LogP) is 2.70. The summed E-state index contributed by atoms with van der Waals surface area (Å²) in [5.41, 5.74) is 1.63. The highest BCUT2D eigenvalue weighted by Gasteiger charge is 2.30. The molecule has 1 amide bonds. The molecule has 0 unspecified atom stereocenters. The van der Waals surface area contributed by atoms with Gasteiger partial charge >= 0.3 is 0 Å². The molecule has 4 heteroatoms. The van der Waals surface area contributed by atoms with Crippen molar-refractivity contribution in [2.24, 2.45) is 5.92 Å². The molecule has 0 atom stereocenters. The number of carbonyl (C=O) groups excluding carboxylic acids is 1. The van der Waals surface area contributed by atoms with Crippen LogP contribution in [0.1, 0.15) is 10.4 Å². The Morgan fingerprint density at radius 2 is 2.11 bits per heavy atom. The summed E-state index contributed by atoms with van der Waals surface area (Å²) in [6.07, 6.45) is 1.71. The van der Waals surface area contributed by atoms with Crippen molar-refractivity contribution in [2.45, 2.75) is 0 Å². The van der Waals surface area contributed by atoms with Crippen LogP contribution in [-0.2, 0) is 0 Å². The van der Waals surface area contributed by atoms with Crippen molar-refractivity contribution in [1.82, 2.24) is 9.88 Å². The Labute approximate surface area is 114 Å². The molecule has 0 aliphatic carbocycles. The highest BCUT2D eigenvalue weighted by atomic mass is 79.9. The lowest BCUT2D eigenvalue weighted by atomic mass is 10.00. The molecule has 0 bridgehead atoms. The van der Waals surface area contributed by atoms with Crippen LogP contribution in [0.5, 0.6) is 0 Å². The quantitative estimate of drug-likeness (QED) is 0.799. The van der Waals surface area contributed by atoms with Crippen LogP contribution in [0.15, 0.2) is 36.5 Å². The Bertz CT molecular complexity index is 588. The van der Waals surface area contributed by atoms with Gasteiger partial charge < -0.3 is 4.90 Å². The zero-order chi connectivity index (χ0) is 12.5. The number of hydrogen-bond donors (Lipinski definition) is 0. The van der Waals surface area contributed by atoms with E-state index in [1.165, 1.54) is 0 Å². The molecule has 0 radical (unpaired) electrons. The summed E-state index contributed by atoms with van der Waals surface area (Å²) >= 11 is 3.45. The Morgan fingerprint density at radius 3 is 2.89 bits per heavy atom. The number of halogens is 1. The van der Waals surface area contributed by atoms with Gasteiger partial charge in [0.25, 0.3) is 5.91 Å². The number of para-hydroxylation sites is 1. The number of aromatic nitrogens is 1. The summed E-state index contributed by atoms with van der Waals surface area (Å²) in [5, 5.41) is 1.90. The van der Waals surface area contributed by atoms with E-state index in [4.69, 9.17) is 0 Å². The van der Waals surface area contributed by atoms with Crippen LogP contribution in [0, 0.1) is 5.92 Å². The van der Waals surface area contributed by atoms with Crippen molar-refractivity contribution in [1.29, 1.82) is 0 Å². The first-order valence-corrected chi connectivity index (χ1v) is 7.10. The number of benzene rings is 1. The lowest BCUT2D eigenvalue weighted by Crippen LogP contribution is -2.50. The summed E-state index contributed by atoms with van der Waals surface area (Å²) in [6, 6.07) is 9.58. The molecule has 1 aliphatic heterocycles. The molecule has 1 fully saturated rings. The highest BCUT2D eigenvalue weighted by molar-refractivity contribution is 9.09. The van der Waals surface area contributed by atoms with E-state index in [0.717, 1.165) is 34.9 Å². The van der Waals surface area contributed by atoms with Crippen LogP contribution in [0.25, 0.3) is 10.9 Å². The number of pyridine rings is 1. The second-order valence-corrected chi connectivity index (χ2v) is 5.25. The van der Waals surface area contributed by atoms with Gasteiger partial charge in [-0.25, -0.2) is 0 Å². The fourth-order valence-electron chi connectivity index (χ4n) is 2.29. The molecule has 2 heterocycles. The van der Waals surface area contributed by atoms with Crippen LogP contribution in [-0.4, -0.2) is 34.2 Å². The first kappa shape index (κ1) is 11.7. The van der Waals surface area contributed by atoms with E-state index in [-0.39, 0.29) is 5.91 Å². The molecule has 0 spiro atoms. The largest absolute Gasteiger partial charge is 0.338 e. The van der Waals surface area contributed by atoms with Crippen molar-refractivity contribution in [3.05, 3.63) is 42.1 Å². The highest BCUT2D eigenvalue weighted by Crippen LogP contribution is 2.23. The molecule has 2 aromatic rings. The van der Waals surface area contributed by atoms with Crippen molar-refractivity contribution < 1.29 is 4.79 Å². The van der Waals surface area contributed by atoms with Gasteiger partial charge in [0.1, 0.15) is 0 Å². The number of rotatable bonds is 2. The third kappa shape index (κ3) is 1.90. The van der Waals surface area contributed by atoms with Gasteiger partial charge in [-0.15, -0.1) is 0 Å². The summed E-state index contributed by atoms with van der Waals surface area (Å²) in [5.74, 6) is 0.716. The van der Waals surface area contributed by atoms with Gasteiger partial charge in [0, 0.05) is 35.9 Å². The molecule has 1 saturated heterocycles. The standard InChI is InChI=1S/C14H13BrN2O/c15-7-10-8-17(9-10)14(18)12-5-6-16-13-4-2-1-3-11(12)13/h1-6,10H,7-9H2. The average Bonchev–Trinajstić information content (AvgIpc) is 2.36. The van der Waals surface area contributed by atoms with Crippen molar-refractivity contribution in [3.8, 4) is 0 Å². The number of amides is 1. The van der Waals surface area contributed by atoms with E-state index in [1.807, 2.05) is 35.2 Å². The minimum Gasteiger partial charge on any atom is -0.338 e. The number of carbonyl (C=O) groups is 1. The number of hydrogen-bond acceptors (Lipinski definition) is 2. The van der Waals surface area contributed by atoms with Crippen LogP contribution in [0.3, 0.4) is 0 Å². The normalized spacial score (nSPS) is 15.7. The monoisotopic (exact) mass is 304 g/mol. The third-order valence-electron chi connectivity index (χ3n) is 3.34. The minimum atomic E-state index is 0.116. The minimum absolute atomic E-state index is 0.116. The maximum atomic E-state index is 12.4. The predicted molar refractivity (Wildman–Crippen MR) is 74.9 cm³/mol. The second kappa shape index (κ2) is 4.69. The van der Waals surface area contributed by atoms with Crippen LogP contribution in [0.2, 0.25) is 0 Å². The number of fused-ring (bicyclic) bond motifs is 1. The summed E-state index contributed by atoms with van der Waals surface area (Å²) in [6.45, 7) is 1.70. The van der Waals surface area contributed by atoms with Gasteiger partial charge in [0.15, 0.2) is 0 Å². The van der Waals surface area contributed by atoms with E-state index >= 15 is 0 Å². The van der Waals surface area contributed by atoms with Crippen LogP contribution in [0.4, 0.5) is 0 Å². The van der Waals surface area contributed by atoms with Gasteiger partial charge in [-0.3, -0.25) is 9.78 Å². The Balaban J connectivity index is 1.93. The maximum Gasteiger partial charge on any atom is 0.254 e. The maximum absolute atomic E-state index is 12.4. The van der Waals surface area contributed by atoms with Gasteiger partial charge in [-0.2, -0.15) is 0 Å². The number of nitrogens with zero attached hydrogens (tertiary/aromatic N) is 2. The first-order valence-electron chi connectivity index (χ1n) is 5.98. The van der Waals surface area contributed by atoms with Crippen LogP contribution < -0.4 is 0 Å². The van der Waals surface area contributed by atoms with Gasteiger partial charge in [0.05, 0.1) is 11.1 Å². The zero-order valence-corrected chi connectivity index (χ0v) is 11.4. The van der Waals surface area contributed by atoms with Crippen molar-refractivity contribution >= 4 is 32.7 Å². The number of alkyl halides is 1. The third-order valence-corrected chi connectivity index (χ3v) is 4.26. The van der Waals surface area contributed by atoms with Gasteiger partial charge in [-0.1, -0.05) is 34.1 Å². The lowest BCUT2D eigenvalue weighted by molar-refractivity contribution is 0.0541. The second-order valence-electron chi connectivity index (χ2n) is 4.61. The molecular formula is C14H13BrN2O. The van der Waals surface area contributed by atoms with E-state index in [2.05, 4.69) is 20.9 Å². The van der Waals surface area contributed by atoms with Gasteiger partial charge in [-0.05, 0) is 12.1 Å². The average molecular weight is 305 g/mol. The SMILES string of the molecule is O=C(c1ccnc2ccccc12)N1CC(CBr)C1. The van der Waals surface area contributed by atoms with E-state index in [1.54, 1.807) is 6.20 Å². The smallest absolute Gasteiger partial charge is 0.254 e. The molecule has 3 nitrogen and oxygen atoms in total. The molecule has 1 aromatic carbocycles. The number of likely N-dealkylation sites (tertiary alicyclic amines) is 1. The van der Waals surface area contributed by atoms with Crippen molar-refractivity contribution in [2.75, 3.05) is 18.4 Å². The summed E-state index contributed by atoms with van der Waals surface area (Å²) in [7, 11) is 0. The molecule has 1 aliphatic rings. The molecule has 0 N–H and O–H groups in total. The molecule has 1 aromatic heterocycles. The zero-order valence-electron chi connectivity index (χ0n) is 9.84. The fraction of sp³-hybridized carbons (Fsp3) is 0.286. The lowest BCUT2D eigenvalue weighted by Gasteiger charge is -2.38. The molecule has 92 valence electrons. The Morgan fingerprint density at radius 1 is 1.33 bits per heavy atom. The molecule has 0 saturated carbocycles. The van der Waals surface area contributed by atoms with Crippen molar-refractivity contribution in [3.63, 3.8) is 0 Å². The summed E-state index contributed by atoms with van der Waals surface area (Å²) < 4.78 is 0. The molecule has 3 rings (SSSR count). The van der Waals surface area contributed by atoms with E-state index < -0.39 is 0 Å².